The normalized spacial score (nSPS) is 10.1. The Morgan fingerprint density at radius 2 is 0.767 bits per heavy atom. The van der Waals surface area contributed by atoms with Crippen LogP contribution in [0.25, 0.3) is 0 Å². The van der Waals surface area contributed by atoms with Crippen LogP contribution in [-0.2, 0) is 0 Å². The Morgan fingerprint density at radius 3 is 1.09 bits per heavy atom. The minimum absolute atomic E-state index is 0. The highest BCUT2D eigenvalue weighted by atomic mass is 14.0. The molecule has 43 heavy (non-hydrogen) atoms. The summed E-state index contributed by atoms with van der Waals surface area (Å²) in [5.74, 6) is 0.848. The van der Waals surface area contributed by atoms with Crippen LogP contribution >= 0.6 is 0 Å². The largest absolute Gasteiger partial charge is 0.0859 e. The van der Waals surface area contributed by atoms with Gasteiger partial charge in [-0.25, -0.2) is 0 Å². The smallest absolute Gasteiger partial charge is 0.0288 e. The second-order valence-corrected chi connectivity index (χ2v) is 13.0. The van der Waals surface area contributed by atoms with Gasteiger partial charge in [-0.2, -0.15) is 0 Å². The van der Waals surface area contributed by atoms with Crippen molar-refractivity contribution in [2.45, 2.75) is 202 Å². The van der Waals surface area contributed by atoms with Gasteiger partial charge in [-0.1, -0.05) is 145 Å². The van der Waals surface area contributed by atoms with E-state index in [0.29, 0.717) is 0 Å². The van der Waals surface area contributed by atoms with Gasteiger partial charge >= 0.3 is 0 Å². The van der Waals surface area contributed by atoms with Gasteiger partial charge in [-0.15, -0.1) is 0 Å². The third-order valence-corrected chi connectivity index (χ3v) is 6.19. The highest BCUT2D eigenvalue weighted by molar-refractivity contribution is 5.02. The van der Waals surface area contributed by atoms with Crippen molar-refractivity contribution in [1.29, 1.82) is 0 Å². The quantitative estimate of drug-likeness (QED) is 0.122. The first-order valence-corrected chi connectivity index (χ1v) is 17.1. The minimum Gasteiger partial charge on any atom is -0.0859 e. The van der Waals surface area contributed by atoms with Gasteiger partial charge in [0.05, 0.1) is 0 Å². The molecule has 0 heterocycles. The molecule has 0 spiro atoms. The first-order valence-electron chi connectivity index (χ1n) is 17.1. The van der Waals surface area contributed by atoms with Crippen LogP contribution in [0, 0.1) is 5.92 Å². The fraction of sp³-hybridized carbons (Fsp3) is 0.721. The van der Waals surface area contributed by atoms with Crippen molar-refractivity contribution < 1.29 is 0 Å². The molecule has 0 aromatic carbocycles. The van der Waals surface area contributed by atoms with E-state index in [9.17, 15) is 0 Å². The summed E-state index contributed by atoms with van der Waals surface area (Å²) < 4.78 is 0. The fourth-order valence-electron chi connectivity index (χ4n) is 3.58. The van der Waals surface area contributed by atoms with Crippen LogP contribution < -0.4 is 0 Å². The third kappa shape index (κ3) is 68.9. The van der Waals surface area contributed by atoms with E-state index in [1.54, 1.807) is 5.57 Å². The zero-order chi connectivity index (χ0) is 32.5. The summed E-state index contributed by atoms with van der Waals surface area (Å²) in [6.07, 6.45) is 30.3. The highest BCUT2D eigenvalue weighted by Crippen LogP contribution is 2.09. The van der Waals surface area contributed by atoms with Crippen molar-refractivity contribution >= 4 is 0 Å². The Kier molecular flexibility index (Phi) is 53.4. The molecular formula is C43H86. The van der Waals surface area contributed by atoms with Crippen LogP contribution in [0.5, 0.6) is 0 Å². The minimum atomic E-state index is 0. The zero-order valence-corrected chi connectivity index (χ0v) is 31.2. The van der Waals surface area contributed by atoms with Crippen LogP contribution in [0.4, 0.5) is 0 Å². The van der Waals surface area contributed by atoms with Crippen molar-refractivity contribution in [3.05, 3.63) is 69.9 Å². The van der Waals surface area contributed by atoms with Gasteiger partial charge in [0.2, 0.25) is 0 Å². The lowest BCUT2D eigenvalue weighted by atomic mass is 10.1. The molecule has 0 N–H and O–H groups in total. The van der Waals surface area contributed by atoms with Crippen LogP contribution in [0.1, 0.15) is 202 Å². The van der Waals surface area contributed by atoms with Crippen molar-refractivity contribution in [3.63, 3.8) is 0 Å². The Hall–Kier alpha value is -1.56. The molecule has 0 nitrogen and oxygen atoms in total. The van der Waals surface area contributed by atoms with E-state index in [1.165, 1.54) is 111 Å². The van der Waals surface area contributed by atoms with Crippen LogP contribution in [0.15, 0.2) is 69.9 Å². The van der Waals surface area contributed by atoms with Crippen LogP contribution in [0.2, 0.25) is 0 Å². The van der Waals surface area contributed by atoms with Crippen molar-refractivity contribution in [2.75, 3.05) is 0 Å². The van der Waals surface area contributed by atoms with Gasteiger partial charge in [0, 0.05) is 0 Å². The van der Waals surface area contributed by atoms with Crippen molar-refractivity contribution in [2.24, 2.45) is 5.92 Å². The molecule has 0 aliphatic carbocycles. The average Bonchev–Trinajstić information content (AvgIpc) is 2.85. The van der Waals surface area contributed by atoms with Crippen LogP contribution in [0.3, 0.4) is 0 Å². The Balaban J connectivity index is -0.000000106. The van der Waals surface area contributed by atoms with Crippen LogP contribution in [-0.4, -0.2) is 0 Å². The van der Waals surface area contributed by atoms with Crippen molar-refractivity contribution in [1.82, 2.24) is 0 Å². The molecule has 0 amide bonds. The maximum Gasteiger partial charge on any atom is -0.0288 e. The molecule has 258 valence electrons. The molecule has 0 saturated carbocycles. The molecule has 0 aliphatic heterocycles. The number of hydrogen-bond donors (Lipinski definition) is 0. The van der Waals surface area contributed by atoms with Gasteiger partial charge in [-0.05, 0) is 133 Å². The van der Waals surface area contributed by atoms with Gasteiger partial charge in [0.25, 0.3) is 0 Å². The van der Waals surface area contributed by atoms with E-state index in [2.05, 4.69) is 140 Å². The summed E-state index contributed by atoms with van der Waals surface area (Å²) in [5.41, 5.74) is 8.81. The zero-order valence-electron chi connectivity index (χ0n) is 31.2. The fourth-order valence-corrected chi connectivity index (χ4v) is 3.58. The molecule has 0 radical (unpaired) electrons. The second-order valence-electron chi connectivity index (χ2n) is 13.0. The second kappa shape index (κ2) is 42.6. The summed E-state index contributed by atoms with van der Waals surface area (Å²) in [6.45, 7) is 32.9. The monoisotopic (exact) mass is 603 g/mol. The molecule has 0 rings (SSSR count). The average molecular weight is 603 g/mol. The van der Waals surface area contributed by atoms with Crippen molar-refractivity contribution in [3.8, 4) is 0 Å². The summed E-state index contributed by atoms with van der Waals surface area (Å²) in [5, 5.41) is 0. The van der Waals surface area contributed by atoms with Gasteiger partial charge < -0.3 is 0 Å². The first kappa shape index (κ1) is 54.0. The Morgan fingerprint density at radius 1 is 0.442 bits per heavy atom. The molecule has 0 atom stereocenters. The van der Waals surface area contributed by atoms with E-state index in [4.69, 9.17) is 0 Å². The van der Waals surface area contributed by atoms with E-state index >= 15 is 0 Å². The lowest BCUT2D eigenvalue weighted by Crippen LogP contribution is -1.83. The molecule has 0 unspecified atom stereocenters. The van der Waals surface area contributed by atoms with Gasteiger partial charge in [0.1, 0.15) is 0 Å². The molecule has 0 heteroatoms. The maximum atomic E-state index is 2.39. The Labute approximate surface area is 277 Å². The highest BCUT2D eigenvalue weighted by Gasteiger charge is 1.90. The lowest BCUT2D eigenvalue weighted by Gasteiger charge is -1.99. The molecule has 0 aromatic heterocycles. The molecular weight excluding hydrogens is 516 g/mol. The Bertz CT molecular complexity index is 714. The molecule has 0 saturated heterocycles. The molecule has 0 bridgehead atoms. The number of hydrogen-bond acceptors (Lipinski definition) is 0. The first-order chi connectivity index (χ1) is 19.2. The molecule has 0 aliphatic rings. The van der Waals surface area contributed by atoms with E-state index in [0.717, 1.165) is 5.92 Å². The predicted molar refractivity (Wildman–Crippen MR) is 211 cm³/mol. The van der Waals surface area contributed by atoms with E-state index in [-0.39, 0.29) is 14.9 Å². The van der Waals surface area contributed by atoms with Gasteiger partial charge in [0.15, 0.2) is 0 Å². The van der Waals surface area contributed by atoms with E-state index < -0.39 is 0 Å². The lowest BCUT2D eigenvalue weighted by molar-refractivity contribution is 0.593. The number of rotatable bonds is 16. The SMILES string of the molecule is C.C.CC(C)=CCCC(C)C.CC/C=C(\C)CCC=C(C)C.CCCC/C=C(\C)CCC=C(C)C.CCCCC=C(C)C. The van der Waals surface area contributed by atoms with E-state index in [1.807, 2.05) is 0 Å². The summed E-state index contributed by atoms with van der Waals surface area (Å²) >= 11 is 0. The number of allylic oxidation sites excluding steroid dienone is 12. The standard InChI is InChI=1S/C13H24.C11H20.C9H18.C8H16.2CH4/c1-5-6-7-10-13(4)11-8-9-12(2)3;1-5-7-11(4)9-6-8-10(2)3;1-8(2)6-5-7-9(3)4;1-4-5-6-7-8(2)3;;/h9-10H,5-8,11H2,1-4H3;7-8H,5-6,9H2,1-4H3;6,9H,5,7H2,1-4H3;7H,4-6H2,1-3H3;2*1H4/b13-10+;11-7+;;;;. The summed E-state index contributed by atoms with van der Waals surface area (Å²) in [4.78, 5) is 0. The van der Waals surface area contributed by atoms with Gasteiger partial charge in [-0.3, -0.25) is 0 Å². The predicted octanol–water partition coefficient (Wildman–Crippen LogP) is 16.8. The topological polar surface area (TPSA) is 0 Å². The molecule has 0 fully saturated rings. The summed E-state index contributed by atoms with van der Waals surface area (Å²) in [7, 11) is 0. The summed E-state index contributed by atoms with van der Waals surface area (Å²) in [6, 6.07) is 0. The number of unbranched alkanes of at least 4 members (excludes halogenated alkanes) is 4. The maximum absolute atomic E-state index is 2.39. The molecule has 0 aromatic rings. The third-order valence-electron chi connectivity index (χ3n) is 6.19.